The van der Waals surface area contributed by atoms with E-state index in [0.717, 1.165) is 41.5 Å². The van der Waals surface area contributed by atoms with Crippen molar-refractivity contribution in [3.05, 3.63) is 89.8 Å². The minimum absolute atomic E-state index is 0.406. The molecule has 0 aliphatic heterocycles. The fourth-order valence-corrected chi connectivity index (χ4v) is 4.44. The number of amides is 1. The van der Waals surface area contributed by atoms with Gasteiger partial charge in [0.15, 0.2) is 5.13 Å². The van der Waals surface area contributed by atoms with Crippen LogP contribution in [0.4, 0.5) is 5.13 Å². The summed E-state index contributed by atoms with van der Waals surface area (Å²) in [6.07, 6.45) is 6.47. The number of aromatic nitrogens is 3. The molecule has 2 N–H and O–H groups in total. The normalized spacial score (nSPS) is 11.7. The van der Waals surface area contributed by atoms with Crippen LogP contribution in [-0.2, 0) is 17.9 Å². The quantitative estimate of drug-likeness (QED) is 0.326. The van der Waals surface area contributed by atoms with Gasteiger partial charge in [-0.1, -0.05) is 42.5 Å². The van der Waals surface area contributed by atoms with E-state index >= 15 is 0 Å². The molecule has 0 radical (unpaired) electrons. The Morgan fingerprint density at radius 3 is 2.60 bits per heavy atom. The highest BCUT2D eigenvalue weighted by molar-refractivity contribution is 7.14. The van der Waals surface area contributed by atoms with Crippen molar-refractivity contribution in [3.8, 4) is 11.3 Å². The monoisotopic (exact) mass is 489 g/mol. The molecule has 2 aromatic carbocycles. The highest BCUT2D eigenvalue weighted by Gasteiger charge is 2.16. The number of aryl methyl sites for hydroxylation is 1. The first-order valence-electron chi connectivity index (χ1n) is 11.3. The molecule has 0 spiro atoms. The zero-order valence-electron chi connectivity index (χ0n) is 19.4. The van der Waals surface area contributed by atoms with Gasteiger partial charge in [0.2, 0.25) is 0 Å². The fraction of sp³-hybridized carbons (Fsp3) is 0.231. The Morgan fingerprint density at radius 2 is 1.91 bits per heavy atom. The maximum Gasteiger partial charge on any atom is 0.325 e. The predicted molar refractivity (Wildman–Crippen MR) is 136 cm³/mol. The van der Waals surface area contributed by atoms with Gasteiger partial charge in [0.05, 0.1) is 12.0 Å². The van der Waals surface area contributed by atoms with E-state index in [1.165, 1.54) is 6.92 Å². The number of benzene rings is 2. The smallest absolute Gasteiger partial charge is 0.325 e. The van der Waals surface area contributed by atoms with Crippen molar-refractivity contribution in [2.24, 2.45) is 0 Å². The number of hydrogen-bond acceptors (Lipinski definition) is 6. The second-order valence-electron chi connectivity index (χ2n) is 8.19. The SMILES string of the molecule is CC(NC(=O)c1ccc(CN(CCCn2ccnc2)c2nc(-c3ccccc3)cs2)cc1)C(=O)O. The van der Waals surface area contributed by atoms with Crippen LogP contribution in [0.3, 0.4) is 0 Å². The topological polar surface area (TPSA) is 100 Å². The van der Waals surface area contributed by atoms with Crippen LogP contribution in [0.5, 0.6) is 0 Å². The molecule has 0 fully saturated rings. The van der Waals surface area contributed by atoms with E-state index in [4.69, 9.17) is 10.1 Å². The molecule has 0 saturated heterocycles. The first-order valence-corrected chi connectivity index (χ1v) is 12.2. The molecule has 8 nitrogen and oxygen atoms in total. The number of anilines is 1. The number of carboxylic acid groups (broad SMARTS) is 1. The highest BCUT2D eigenvalue weighted by atomic mass is 32.1. The Hall–Kier alpha value is -3.98. The Labute approximate surface area is 207 Å². The van der Waals surface area contributed by atoms with Gasteiger partial charge in [0.1, 0.15) is 6.04 Å². The zero-order valence-corrected chi connectivity index (χ0v) is 20.2. The van der Waals surface area contributed by atoms with Crippen molar-refractivity contribution in [3.63, 3.8) is 0 Å². The van der Waals surface area contributed by atoms with Crippen molar-refractivity contribution < 1.29 is 14.7 Å². The lowest BCUT2D eigenvalue weighted by atomic mass is 10.1. The lowest BCUT2D eigenvalue weighted by Crippen LogP contribution is -2.38. The summed E-state index contributed by atoms with van der Waals surface area (Å²) in [6, 6.07) is 16.4. The van der Waals surface area contributed by atoms with E-state index in [1.54, 1.807) is 29.7 Å². The molecule has 1 amide bonds. The highest BCUT2D eigenvalue weighted by Crippen LogP contribution is 2.28. The molecule has 0 saturated carbocycles. The molecule has 0 aliphatic rings. The summed E-state index contributed by atoms with van der Waals surface area (Å²) < 4.78 is 2.06. The molecule has 0 bridgehead atoms. The molecule has 9 heteroatoms. The Kier molecular flexibility index (Phi) is 7.89. The van der Waals surface area contributed by atoms with Gasteiger partial charge in [0, 0.05) is 48.5 Å². The molecule has 4 aromatic rings. The number of nitrogens with one attached hydrogen (secondary N) is 1. The molecular formula is C26H27N5O3S. The van der Waals surface area contributed by atoms with Crippen LogP contribution < -0.4 is 10.2 Å². The molecule has 180 valence electrons. The van der Waals surface area contributed by atoms with Crippen molar-refractivity contribution >= 4 is 28.3 Å². The third-order valence-corrected chi connectivity index (χ3v) is 6.44. The standard InChI is InChI=1S/C26H27N5O3S/c1-19(25(33)34)28-24(32)22-10-8-20(9-11-22)16-31(14-5-13-30-15-12-27-18-30)26-29-23(17-35-26)21-6-3-2-4-7-21/h2-4,6-12,15,17-19H,5,13-14,16H2,1H3,(H,28,32)(H,33,34). The van der Waals surface area contributed by atoms with Gasteiger partial charge >= 0.3 is 5.97 Å². The first-order chi connectivity index (χ1) is 17.0. The van der Waals surface area contributed by atoms with Crippen molar-refractivity contribution in [1.29, 1.82) is 0 Å². The molecule has 0 aliphatic carbocycles. The average Bonchev–Trinajstić information content (AvgIpc) is 3.57. The van der Waals surface area contributed by atoms with Gasteiger partial charge in [-0.05, 0) is 31.0 Å². The molecular weight excluding hydrogens is 462 g/mol. The molecule has 1 atom stereocenters. The van der Waals surface area contributed by atoms with Gasteiger partial charge in [-0.2, -0.15) is 0 Å². The number of carbonyl (C=O) groups is 2. The number of rotatable bonds is 11. The number of nitrogens with zero attached hydrogens (tertiary/aromatic N) is 4. The van der Waals surface area contributed by atoms with E-state index in [1.807, 2.05) is 42.9 Å². The molecule has 2 aromatic heterocycles. The number of thiazole rings is 1. The summed E-state index contributed by atoms with van der Waals surface area (Å²) in [6.45, 7) is 3.74. The second kappa shape index (κ2) is 11.4. The summed E-state index contributed by atoms with van der Waals surface area (Å²) in [5.41, 5.74) is 3.49. The van der Waals surface area contributed by atoms with Crippen LogP contribution in [0.1, 0.15) is 29.3 Å². The Balaban J connectivity index is 1.47. The van der Waals surface area contributed by atoms with Crippen LogP contribution in [0.2, 0.25) is 0 Å². The summed E-state index contributed by atoms with van der Waals surface area (Å²) >= 11 is 1.61. The first kappa shape index (κ1) is 24.2. The van der Waals surface area contributed by atoms with Gasteiger partial charge in [0.25, 0.3) is 5.91 Å². The van der Waals surface area contributed by atoms with Crippen LogP contribution in [-0.4, -0.2) is 44.1 Å². The van der Waals surface area contributed by atoms with Crippen LogP contribution in [0.15, 0.2) is 78.7 Å². The largest absolute Gasteiger partial charge is 0.480 e. The van der Waals surface area contributed by atoms with E-state index in [-0.39, 0.29) is 0 Å². The van der Waals surface area contributed by atoms with Crippen molar-refractivity contribution in [2.75, 3.05) is 11.4 Å². The van der Waals surface area contributed by atoms with Gasteiger partial charge in [-0.3, -0.25) is 9.59 Å². The number of carbonyl (C=O) groups excluding carboxylic acids is 1. The Morgan fingerprint density at radius 1 is 1.14 bits per heavy atom. The summed E-state index contributed by atoms with van der Waals surface area (Å²) in [5, 5.41) is 14.5. The summed E-state index contributed by atoms with van der Waals surface area (Å²) in [4.78, 5) is 34.6. The zero-order chi connectivity index (χ0) is 24.6. The van der Waals surface area contributed by atoms with E-state index in [9.17, 15) is 9.59 Å². The summed E-state index contributed by atoms with van der Waals surface area (Å²) in [5.74, 6) is -1.48. The molecule has 1 unspecified atom stereocenters. The van der Waals surface area contributed by atoms with Crippen LogP contribution in [0.25, 0.3) is 11.3 Å². The minimum atomic E-state index is -1.07. The van der Waals surface area contributed by atoms with E-state index in [0.29, 0.717) is 12.1 Å². The molecule has 2 heterocycles. The van der Waals surface area contributed by atoms with Gasteiger partial charge in [-0.25, -0.2) is 9.97 Å². The molecule has 35 heavy (non-hydrogen) atoms. The van der Waals surface area contributed by atoms with Crippen LogP contribution >= 0.6 is 11.3 Å². The van der Waals surface area contributed by atoms with E-state index < -0.39 is 17.9 Å². The minimum Gasteiger partial charge on any atom is -0.480 e. The number of carboxylic acids is 1. The number of hydrogen-bond donors (Lipinski definition) is 2. The molecule has 4 rings (SSSR count). The number of imidazole rings is 1. The van der Waals surface area contributed by atoms with E-state index in [2.05, 4.69) is 37.3 Å². The predicted octanol–water partition coefficient (Wildman–Crippen LogP) is 4.31. The van der Waals surface area contributed by atoms with Gasteiger partial charge in [-0.15, -0.1) is 11.3 Å². The lowest BCUT2D eigenvalue weighted by Gasteiger charge is -2.22. The van der Waals surface area contributed by atoms with Crippen molar-refractivity contribution in [1.82, 2.24) is 19.9 Å². The third-order valence-electron chi connectivity index (χ3n) is 5.54. The summed E-state index contributed by atoms with van der Waals surface area (Å²) in [7, 11) is 0. The second-order valence-corrected chi connectivity index (χ2v) is 9.02. The maximum absolute atomic E-state index is 12.3. The Bertz CT molecular complexity index is 1240. The lowest BCUT2D eigenvalue weighted by molar-refractivity contribution is -0.138. The fourth-order valence-electron chi connectivity index (χ4n) is 3.58. The van der Waals surface area contributed by atoms with Gasteiger partial charge < -0.3 is 19.9 Å². The number of aliphatic carboxylic acids is 1. The van der Waals surface area contributed by atoms with Crippen molar-refractivity contribution in [2.45, 2.75) is 32.5 Å². The van der Waals surface area contributed by atoms with Crippen LogP contribution in [0, 0.1) is 0 Å². The maximum atomic E-state index is 12.3. The third kappa shape index (κ3) is 6.54. The average molecular weight is 490 g/mol.